The maximum absolute atomic E-state index is 13.4. The molecule has 0 amide bonds. The third-order valence-corrected chi connectivity index (χ3v) is 6.90. The highest BCUT2D eigenvalue weighted by molar-refractivity contribution is 7.99. The van der Waals surface area contributed by atoms with E-state index in [-0.39, 0.29) is 5.56 Å². The van der Waals surface area contributed by atoms with Crippen molar-refractivity contribution in [2.75, 3.05) is 38.6 Å². The van der Waals surface area contributed by atoms with Gasteiger partial charge in [-0.2, -0.15) is 0 Å². The summed E-state index contributed by atoms with van der Waals surface area (Å²) in [5.74, 6) is 0.894. The zero-order chi connectivity index (χ0) is 20.2. The molecule has 7 heteroatoms. The van der Waals surface area contributed by atoms with Gasteiger partial charge >= 0.3 is 0 Å². The van der Waals surface area contributed by atoms with E-state index in [1.807, 2.05) is 5.38 Å². The number of ether oxygens (including phenoxy) is 1. The van der Waals surface area contributed by atoms with Crippen molar-refractivity contribution in [3.05, 3.63) is 58.2 Å². The Morgan fingerprint density at radius 1 is 1.28 bits per heavy atom. The zero-order valence-corrected chi connectivity index (χ0v) is 18.2. The molecule has 5 nitrogen and oxygen atoms in total. The highest BCUT2D eigenvalue weighted by Crippen LogP contribution is 2.32. The molecular formula is C22H25N3O2S2. The number of nitrogens with zero attached hydrogens (tertiary/aromatic N) is 3. The highest BCUT2D eigenvalue weighted by Gasteiger charge is 2.17. The lowest BCUT2D eigenvalue weighted by Crippen LogP contribution is -2.37. The van der Waals surface area contributed by atoms with Crippen LogP contribution in [0.5, 0.6) is 0 Å². The molecule has 1 aromatic carbocycles. The van der Waals surface area contributed by atoms with Gasteiger partial charge in [-0.15, -0.1) is 17.9 Å². The molecule has 1 fully saturated rings. The van der Waals surface area contributed by atoms with Crippen molar-refractivity contribution in [1.29, 1.82) is 0 Å². The fourth-order valence-corrected chi connectivity index (χ4v) is 5.44. The van der Waals surface area contributed by atoms with Crippen molar-refractivity contribution < 1.29 is 4.74 Å². The van der Waals surface area contributed by atoms with Crippen LogP contribution in [-0.2, 0) is 11.3 Å². The smallest absolute Gasteiger partial charge is 0.263 e. The summed E-state index contributed by atoms with van der Waals surface area (Å²) in [7, 11) is 0. The van der Waals surface area contributed by atoms with Crippen LogP contribution in [0, 0.1) is 6.92 Å². The van der Waals surface area contributed by atoms with E-state index in [0.29, 0.717) is 11.9 Å². The van der Waals surface area contributed by atoms with Gasteiger partial charge in [0.15, 0.2) is 5.16 Å². The Labute approximate surface area is 179 Å². The van der Waals surface area contributed by atoms with Crippen LogP contribution in [0.1, 0.15) is 5.56 Å². The Balaban J connectivity index is 1.64. The number of thiophene rings is 1. The minimum absolute atomic E-state index is 0.0144. The molecule has 3 aromatic rings. The standard InChI is InChI=1S/C22H25N3O2S2/c1-3-8-25-21(26)19-18(17-6-4-16(2)5-7-17)15-29-20(19)23-22(25)28-14-11-24-9-12-27-13-10-24/h3-7,15H,1,8-14H2,2H3. The predicted octanol–water partition coefficient (Wildman–Crippen LogP) is 4.04. The lowest BCUT2D eigenvalue weighted by Gasteiger charge is -2.26. The van der Waals surface area contributed by atoms with E-state index in [0.717, 1.165) is 59.7 Å². The number of fused-ring (bicyclic) bond motifs is 1. The number of allylic oxidation sites excluding steroid dienone is 1. The number of hydrogen-bond donors (Lipinski definition) is 0. The van der Waals surface area contributed by atoms with E-state index in [9.17, 15) is 4.79 Å². The molecule has 0 atom stereocenters. The quantitative estimate of drug-likeness (QED) is 0.323. The SMILES string of the molecule is C=CCn1c(SCCN2CCOCC2)nc2scc(-c3ccc(C)cc3)c2c1=O. The third-order valence-electron chi connectivity index (χ3n) is 5.08. The summed E-state index contributed by atoms with van der Waals surface area (Å²) in [6, 6.07) is 8.28. The number of aryl methyl sites for hydroxylation is 1. The number of thioether (sulfide) groups is 1. The minimum Gasteiger partial charge on any atom is -0.379 e. The van der Waals surface area contributed by atoms with Gasteiger partial charge in [-0.25, -0.2) is 4.98 Å². The molecule has 0 aliphatic carbocycles. The Kier molecular flexibility index (Phi) is 6.50. The zero-order valence-electron chi connectivity index (χ0n) is 16.6. The van der Waals surface area contributed by atoms with E-state index in [1.54, 1.807) is 22.4 Å². The van der Waals surface area contributed by atoms with Crippen molar-refractivity contribution in [1.82, 2.24) is 14.5 Å². The number of benzene rings is 1. The molecule has 152 valence electrons. The third kappa shape index (κ3) is 4.48. The second-order valence-corrected chi connectivity index (χ2v) is 9.02. The fourth-order valence-electron chi connectivity index (χ4n) is 3.44. The molecule has 0 saturated carbocycles. The topological polar surface area (TPSA) is 47.4 Å². The number of hydrogen-bond acceptors (Lipinski definition) is 6. The van der Waals surface area contributed by atoms with Crippen molar-refractivity contribution in [2.45, 2.75) is 18.6 Å². The van der Waals surface area contributed by atoms with Crippen LogP contribution in [0.3, 0.4) is 0 Å². The van der Waals surface area contributed by atoms with E-state index in [4.69, 9.17) is 9.72 Å². The van der Waals surface area contributed by atoms with Gasteiger partial charge < -0.3 is 4.74 Å². The summed E-state index contributed by atoms with van der Waals surface area (Å²) >= 11 is 3.18. The molecule has 0 unspecified atom stereocenters. The molecular weight excluding hydrogens is 402 g/mol. The Morgan fingerprint density at radius 2 is 2.03 bits per heavy atom. The minimum atomic E-state index is 0.0144. The maximum Gasteiger partial charge on any atom is 0.263 e. The first kappa shape index (κ1) is 20.3. The van der Waals surface area contributed by atoms with Crippen LogP contribution in [-0.4, -0.2) is 53.1 Å². The van der Waals surface area contributed by atoms with Crippen LogP contribution in [0.15, 0.2) is 52.3 Å². The van der Waals surface area contributed by atoms with E-state index >= 15 is 0 Å². The van der Waals surface area contributed by atoms with Crippen molar-refractivity contribution in [3.63, 3.8) is 0 Å². The van der Waals surface area contributed by atoms with Crippen LogP contribution < -0.4 is 5.56 Å². The molecule has 29 heavy (non-hydrogen) atoms. The van der Waals surface area contributed by atoms with Crippen molar-refractivity contribution in [2.24, 2.45) is 0 Å². The predicted molar refractivity (Wildman–Crippen MR) is 122 cm³/mol. The fraction of sp³-hybridized carbons (Fsp3) is 0.364. The van der Waals surface area contributed by atoms with Crippen LogP contribution >= 0.6 is 23.1 Å². The lowest BCUT2D eigenvalue weighted by molar-refractivity contribution is 0.0410. The number of rotatable bonds is 7. The summed E-state index contributed by atoms with van der Waals surface area (Å²) in [5, 5.41) is 3.52. The molecule has 1 saturated heterocycles. The summed E-state index contributed by atoms with van der Waals surface area (Å²) < 4.78 is 7.16. The Hall–Kier alpha value is -1.93. The Bertz CT molecular complexity index is 1050. The van der Waals surface area contributed by atoms with Gasteiger partial charge in [-0.3, -0.25) is 14.3 Å². The van der Waals surface area contributed by atoms with Crippen LogP contribution in [0.4, 0.5) is 0 Å². The van der Waals surface area contributed by atoms with Gasteiger partial charge in [-0.05, 0) is 12.5 Å². The van der Waals surface area contributed by atoms with Gasteiger partial charge in [-0.1, -0.05) is 47.7 Å². The monoisotopic (exact) mass is 427 g/mol. The molecule has 0 bridgehead atoms. The first-order valence-electron chi connectivity index (χ1n) is 9.80. The van der Waals surface area contributed by atoms with Crippen LogP contribution in [0.25, 0.3) is 21.3 Å². The highest BCUT2D eigenvalue weighted by atomic mass is 32.2. The lowest BCUT2D eigenvalue weighted by atomic mass is 10.1. The summed E-state index contributed by atoms with van der Waals surface area (Å²) in [4.78, 5) is 21.4. The summed E-state index contributed by atoms with van der Waals surface area (Å²) in [6.45, 7) is 10.9. The number of aromatic nitrogens is 2. The molecule has 1 aliphatic heterocycles. The Morgan fingerprint density at radius 3 is 2.76 bits per heavy atom. The second-order valence-electron chi connectivity index (χ2n) is 7.10. The average molecular weight is 428 g/mol. The normalized spacial score (nSPS) is 15.1. The largest absolute Gasteiger partial charge is 0.379 e. The van der Waals surface area contributed by atoms with E-state index in [2.05, 4.69) is 42.7 Å². The average Bonchev–Trinajstić information content (AvgIpc) is 3.16. The molecule has 2 aromatic heterocycles. The molecule has 1 aliphatic rings. The van der Waals surface area contributed by atoms with Gasteiger partial charge in [0.05, 0.1) is 18.6 Å². The van der Waals surface area contributed by atoms with E-state index in [1.165, 1.54) is 16.9 Å². The van der Waals surface area contributed by atoms with Gasteiger partial charge in [0.2, 0.25) is 0 Å². The van der Waals surface area contributed by atoms with Gasteiger partial charge in [0.25, 0.3) is 5.56 Å². The number of morpholine rings is 1. The van der Waals surface area contributed by atoms with Gasteiger partial charge in [0.1, 0.15) is 4.83 Å². The first-order valence-corrected chi connectivity index (χ1v) is 11.7. The molecule has 0 spiro atoms. The molecule has 4 rings (SSSR count). The van der Waals surface area contributed by atoms with Crippen LogP contribution in [0.2, 0.25) is 0 Å². The van der Waals surface area contributed by atoms with E-state index < -0.39 is 0 Å². The second kappa shape index (κ2) is 9.26. The maximum atomic E-state index is 13.4. The molecule has 0 radical (unpaired) electrons. The molecule has 3 heterocycles. The van der Waals surface area contributed by atoms with Crippen molar-refractivity contribution in [3.8, 4) is 11.1 Å². The van der Waals surface area contributed by atoms with Gasteiger partial charge in [0, 0.05) is 42.9 Å². The summed E-state index contributed by atoms with van der Waals surface area (Å²) in [5.41, 5.74) is 3.24. The van der Waals surface area contributed by atoms with Crippen molar-refractivity contribution >= 4 is 33.3 Å². The first-order chi connectivity index (χ1) is 14.2. The molecule has 0 N–H and O–H groups in total. The summed E-state index contributed by atoms with van der Waals surface area (Å²) in [6.07, 6.45) is 1.76.